The zero-order chi connectivity index (χ0) is 15.1. The van der Waals surface area contributed by atoms with Crippen LogP contribution >= 0.6 is 0 Å². The maximum Gasteiger partial charge on any atom is 0.253 e. The minimum Gasteiger partial charge on any atom is -0.372 e. The lowest BCUT2D eigenvalue weighted by Gasteiger charge is -2.11. The molecule has 20 heavy (non-hydrogen) atoms. The summed E-state index contributed by atoms with van der Waals surface area (Å²) in [7, 11) is 1.48. The van der Waals surface area contributed by atoms with Crippen molar-refractivity contribution in [1.82, 2.24) is 0 Å². The molecule has 1 rings (SSSR count). The summed E-state index contributed by atoms with van der Waals surface area (Å²) in [6.45, 7) is 5.67. The lowest BCUT2D eigenvalue weighted by molar-refractivity contribution is -0.124. The van der Waals surface area contributed by atoms with Gasteiger partial charge in [0.25, 0.3) is 5.91 Å². The number of carbonyl (C=O) groups is 2. The average Bonchev–Trinajstić information content (AvgIpc) is 2.39. The van der Waals surface area contributed by atoms with Crippen molar-refractivity contribution in [2.24, 2.45) is 5.92 Å². The van der Waals surface area contributed by atoms with Gasteiger partial charge in [-0.1, -0.05) is 13.8 Å². The number of anilines is 2. The van der Waals surface area contributed by atoms with E-state index < -0.39 is 6.10 Å². The van der Waals surface area contributed by atoms with Gasteiger partial charge in [0.15, 0.2) is 0 Å². The lowest BCUT2D eigenvalue weighted by Crippen LogP contribution is -2.26. The average molecular weight is 278 g/mol. The van der Waals surface area contributed by atoms with Gasteiger partial charge < -0.3 is 15.4 Å². The molecule has 1 atom stereocenters. The molecule has 0 aliphatic rings. The highest BCUT2D eigenvalue weighted by Crippen LogP contribution is 2.15. The second-order valence-corrected chi connectivity index (χ2v) is 5.09. The summed E-state index contributed by atoms with van der Waals surface area (Å²) in [5.41, 5.74) is 1.38. The van der Waals surface area contributed by atoms with Gasteiger partial charge in [0.2, 0.25) is 5.91 Å². The van der Waals surface area contributed by atoms with Gasteiger partial charge in [0.05, 0.1) is 0 Å². The summed E-state index contributed by atoms with van der Waals surface area (Å²) >= 11 is 0. The first-order chi connectivity index (χ1) is 9.42. The van der Waals surface area contributed by atoms with Gasteiger partial charge in [-0.2, -0.15) is 0 Å². The van der Waals surface area contributed by atoms with Crippen LogP contribution in [-0.4, -0.2) is 25.0 Å². The van der Waals surface area contributed by atoms with E-state index in [0.717, 1.165) is 0 Å². The molecule has 0 heterocycles. The van der Waals surface area contributed by atoms with Crippen molar-refractivity contribution >= 4 is 23.2 Å². The smallest absolute Gasteiger partial charge is 0.253 e. The van der Waals surface area contributed by atoms with Crippen LogP contribution < -0.4 is 10.6 Å². The quantitative estimate of drug-likeness (QED) is 0.840. The Balaban J connectivity index is 2.56. The molecule has 5 nitrogen and oxygen atoms in total. The number of hydrogen-bond donors (Lipinski definition) is 2. The molecule has 2 amide bonds. The molecular formula is C15H22N2O3. The Morgan fingerprint density at radius 2 is 1.55 bits per heavy atom. The molecule has 0 unspecified atom stereocenters. The number of ether oxygens (including phenoxy) is 1. The third-order valence-corrected chi connectivity index (χ3v) is 2.75. The molecule has 2 N–H and O–H groups in total. The second-order valence-electron chi connectivity index (χ2n) is 5.09. The monoisotopic (exact) mass is 278 g/mol. The first kappa shape index (κ1) is 16.2. The molecule has 0 aliphatic carbocycles. The Hall–Kier alpha value is -1.88. The van der Waals surface area contributed by atoms with Crippen molar-refractivity contribution < 1.29 is 14.3 Å². The Morgan fingerprint density at radius 3 is 2.00 bits per heavy atom. The largest absolute Gasteiger partial charge is 0.372 e. The number of carbonyl (C=O) groups excluding carboxylic acids is 2. The van der Waals surface area contributed by atoms with Crippen LogP contribution in [0.2, 0.25) is 0 Å². The van der Waals surface area contributed by atoms with Crippen LogP contribution in [0.4, 0.5) is 11.4 Å². The van der Waals surface area contributed by atoms with Crippen LogP contribution in [0.15, 0.2) is 24.3 Å². The third kappa shape index (κ3) is 5.40. The number of hydrogen-bond acceptors (Lipinski definition) is 3. The van der Waals surface area contributed by atoms with Gasteiger partial charge in [-0.15, -0.1) is 0 Å². The number of amides is 2. The molecule has 0 radical (unpaired) electrons. The minimum absolute atomic E-state index is 0.00945. The van der Waals surface area contributed by atoms with Crippen molar-refractivity contribution in [3.8, 4) is 0 Å². The third-order valence-electron chi connectivity index (χ3n) is 2.75. The number of benzene rings is 1. The summed E-state index contributed by atoms with van der Waals surface area (Å²) in [5, 5.41) is 5.54. The molecule has 0 saturated heterocycles. The first-order valence-corrected chi connectivity index (χ1v) is 6.66. The number of nitrogens with one attached hydrogen (secondary N) is 2. The summed E-state index contributed by atoms with van der Waals surface area (Å²) < 4.78 is 4.93. The lowest BCUT2D eigenvalue weighted by atomic mass is 10.1. The van der Waals surface area contributed by atoms with E-state index in [2.05, 4.69) is 10.6 Å². The maximum absolute atomic E-state index is 11.6. The van der Waals surface area contributed by atoms with E-state index in [4.69, 9.17) is 4.74 Å². The van der Waals surface area contributed by atoms with Crippen molar-refractivity contribution in [2.45, 2.75) is 33.3 Å². The molecule has 1 aromatic rings. The van der Waals surface area contributed by atoms with E-state index in [0.29, 0.717) is 23.7 Å². The highest BCUT2D eigenvalue weighted by Gasteiger charge is 2.11. The number of rotatable bonds is 6. The first-order valence-electron chi connectivity index (χ1n) is 6.66. The van der Waals surface area contributed by atoms with E-state index in [1.165, 1.54) is 7.11 Å². The fraction of sp³-hybridized carbons (Fsp3) is 0.467. The topological polar surface area (TPSA) is 67.4 Å². The molecule has 0 aliphatic heterocycles. The van der Waals surface area contributed by atoms with Gasteiger partial charge in [0, 0.05) is 24.9 Å². The maximum atomic E-state index is 11.6. The van der Waals surface area contributed by atoms with Gasteiger partial charge >= 0.3 is 0 Å². The number of methoxy groups -OCH3 is 1. The Kier molecular flexibility index (Phi) is 6.18. The molecule has 0 fully saturated rings. The standard InChI is InChI=1S/C15H22N2O3/c1-10(2)9-14(18)16-12-5-7-13(8-6-12)17-15(19)11(3)20-4/h5-8,10-11H,9H2,1-4H3,(H,16,18)(H,17,19)/t11-/m1/s1. The van der Waals surface area contributed by atoms with E-state index in [-0.39, 0.29) is 11.8 Å². The van der Waals surface area contributed by atoms with Crippen LogP contribution in [0.1, 0.15) is 27.2 Å². The summed E-state index contributed by atoms with van der Waals surface area (Å²) in [5.74, 6) is 0.109. The van der Waals surface area contributed by atoms with E-state index in [9.17, 15) is 9.59 Å². The molecule has 110 valence electrons. The molecule has 5 heteroatoms. The van der Waals surface area contributed by atoms with E-state index in [1.807, 2.05) is 13.8 Å². The van der Waals surface area contributed by atoms with Crippen LogP contribution in [0, 0.1) is 5.92 Å². The van der Waals surface area contributed by atoms with Gasteiger partial charge in [-0.05, 0) is 37.1 Å². The highest BCUT2D eigenvalue weighted by molar-refractivity contribution is 5.94. The second kappa shape index (κ2) is 7.65. The van der Waals surface area contributed by atoms with Crippen molar-refractivity contribution in [3.63, 3.8) is 0 Å². The molecule has 0 bridgehead atoms. The van der Waals surface area contributed by atoms with E-state index >= 15 is 0 Å². The summed E-state index contributed by atoms with van der Waals surface area (Å²) in [6.07, 6.45) is -0.00969. The SMILES string of the molecule is CO[C@H](C)C(=O)Nc1ccc(NC(=O)CC(C)C)cc1. The van der Waals surface area contributed by atoms with Gasteiger partial charge in [0.1, 0.15) is 6.10 Å². The summed E-state index contributed by atoms with van der Waals surface area (Å²) in [6, 6.07) is 6.99. The fourth-order valence-corrected chi connectivity index (χ4v) is 1.57. The van der Waals surface area contributed by atoms with Crippen LogP contribution in [0.25, 0.3) is 0 Å². The Labute approximate surface area is 119 Å². The fourth-order valence-electron chi connectivity index (χ4n) is 1.57. The molecular weight excluding hydrogens is 256 g/mol. The van der Waals surface area contributed by atoms with Gasteiger partial charge in [-0.25, -0.2) is 0 Å². The summed E-state index contributed by atoms with van der Waals surface area (Å²) in [4.78, 5) is 23.2. The van der Waals surface area contributed by atoms with Crippen molar-refractivity contribution in [2.75, 3.05) is 17.7 Å². The van der Waals surface area contributed by atoms with Crippen LogP contribution in [-0.2, 0) is 14.3 Å². The Bertz CT molecular complexity index is 455. The predicted molar refractivity (Wildman–Crippen MR) is 79.6 cm³/mol. The Morgan fingerprint density at radius 1 is 1.05 bits per heavy atom. The molecule has 0 saturated carbocycles. The minimum atomic E-state index is -0.500. The highest BCUT2D eigenvalue weighted by atomic mass is 16.5. The van der Waals surface area contributed by atoms with Crippen LogP contribution in [0.3, 0.4) is 0 Å². The van der Waals surface area contributed by atoms with E-state index in [1.54, 1.807) is 31.2 Å². The van der Waals surface area contributed by atoms with Crippen molar-refractivity contribution in [1.29, 1.82) is 0 Å². The van der Waals surface area contributed by atoms with Crippen LogP contribution in [0.5, 0.6) is 0 Å². The molecule has 0 aromatic heterocycles. The van der Waals surface area contributed by atoms with Gasteiger partial charge in [-0.3, -0.25) is 9.59 Å². The predicted octanol–water partition coefficient (Wildman–Crippen LogP) is 2.64. The normalized spacial score (nSPS) is 12.1. The molecule has 0 spiro atoms. The van der Waals surface area contributed by atoms with Crippen molar-refractivity contribution in [3.05, 3.63) is 24.3 Å². The molecule has 1 aromatic carbocycles. The zero-order valence-electron chi connectivity index (χ0n) is 12.4. The zero-order valence-corrected chi connectivity index (χ0v) is 12.4.